The second-order valence-electron chi connectivity index (χ2n) is 3.86. The minimum absolute atomic E-state index is 0.268. The molecule has 0 fully saturated rings. The first-order valence-corrected chi connectivity index (χ1v) is 5.14. The normalized spacial score (nSPS) is 13.0. The first-order chi connectivity index (χ1) is 7.77. The van der Waals surface area contributed by atoms with Gasteiger partial charge in [-0.2, -0.15) is 0 Å². The van der Waals surface area contributed by atoms with Crippen LogP contribution < -0.4 is 5.73 Å². The molecule has 4 heteroatoms. The number of primary amides is 1. The third kappa shape index (κ3) is 1.16. The van der Waals surface area contributed by atoms with Gasteiger partial charge in [0.25, 0.3) is 5.91 Å². The molecule has 1 aromatic heterocycles. The third-order valence-electron chi connectivity index (χ3n) is 2.93. The highest BCUT2D eigenvalue weighted by atomic mass is 16.5. The maximum Gasteiger partial charge on any atom is 0.271 e. The number of carbonyl (C=O) groups excluding carboxylic acids is 1. The number of fused-ring (bicyclic) bond motifs is 3. The number of carbonyl (C=O) groups is 1. The molecular weight excluding hydrogens is 204 g/mol. The van der Waals surface area contributed by atoms with Gasteiger partial charge in [0.15, 0.2) is 11.5 Å². The van der Waals surface area contributed by atoms with Gasteiger partial charge in [-0.05, 0) is 18.4 Å². The molecule has 0 saturated heterocycles. The molecule has 0 atom stereocenters. The summed E-state index contributed by atoms with van der Waals surface area (Å²) in [5.41, 5.74) is 8.59. The molecule has 1 aromatic carbocycles. The highest BCUT2D eigenvalue weighted by Crippen LogP contribution is 2.34. The van der Waals surface area contributed by atoms with Gasteiger partial charge in [-0.25, -0.2) is 0 Å². The molecule has 0 saturated carbocycles. The molecule has 0 unspecified atom stereocenters. The molecule has 1 heterocycles. The molecule has 4 nitrogen and oxygen atoms in total. The van der Waals surface area contributed by atoms with Crippen LogP contribution in [-0.2, 0) is 12.8 Å². The Kier molecular flexibility index (Phi) is 1.83. The Balaban J connectivity index is 2.23. The topological polar surface area (TPSA) is 69.1 Å². The van der Waals surface area contributed by atoms with Crippen molar-refractivity contribution in [3.05, 3.63) is 41.1 Å². The van der Waals surface area contributed by atoms with Crippen LogP contribution in [0.3, 0.4) is 0 Å². The van der Waals surface area contributed by atoms with Crippen LogP contribution in [-0.4, -0.2) is 11.1 Å². The average Bonchev–Trinajstić information content (AvgIpc) is 2.73. The van der Waals surface area contributed by atoms with E-state index in [0.717, 1.165) is 24.0 Å². The van der Waals surface area contributed by atoms with Crippen molar-refractivity contribution < 1.29 is 9.32 Å². The zero-order valence-corrected chi connectivity index (χ0v) is 8.56. The van der Waals surface area contributed by atoms with Gasteiger partial charge in [-0.15, -0.1) is 0 Å². The number of nitrogens with two attached hydrogens (primary N) is 1. The SMILES string of the molecule is NC(=O)c1noc2c1CCc1ccccc1-2. The standard InChI is InChI=1S/C12H10N2O2/c13-12(15)10-9-6-5-7-3-1-2-4-8(7)11(9)16-14-10/h1-4H,5-6H2,(H2,13,15). The van der Waals surface area contributed by atoms with Crippen molar-refractivity contribution in [2.45, 2.75) is 12.8 Å². The van der Waals surface area contributed by atoms with Crippen molar-refractivity contribution in [3.63, 3.8) is 0 Å². The lowest BCUT2D eigenvalue weighted by Crippen LogP contribution is -2.15. The number of hydrogen-bond acceptors (Lipinski definition) is 3. The molecule has 1 aliphatic rings. The summed E-state index contributed by atoms with van der Waals surface area (Å²) in [5.74, 6) is 0.167. The van der Waals surface area contributed by atoms with Gasteiger partial charge in [-0.3, -0.25) is 4.79 Å². The van der Waals surface area contributed by atoms with Gasteiger partial charge in [0.05, 0.1) is 0 Å². The van der Waals surface area contributed by atoms with Crippen LogP contribution in [0.4, 0.5) is 0 Å². The molecule has 0 bridgehead atoms. The molecule has 1 amide bonds. The Morgan fingerprint density at radius 1 is 1.31 bits per heavy atom. The van der Waals surface area contributed by atoms with Crippen molar-refractivity contribution in [1.82, 2.24) is 5.16 Å². The van der Waals surface area contributed by atoms with E-state index >= 15 is 0 Å². The number of amides is 1. The zero-order chi connectivity index (χ0) is 11.1. The van der Waals surface area contributed by atoms with Gasteiger partial charge >= 0.3 is 0 Å². The van der Waals surface area contributed by atoms with E-state index < -0.39 is 5.91 Å². The molecule has 80 valence electrons. The monoisotopic (exact) mass is 214 g/mol. The van der Waals surface area contributed by atoms with Crippen molar-refractivity contribution in [3.8, 4) is 11.3 Å². The van der Waals surface area contributed by atoms with Crippen molar-refractivity contribution in [1.29, 1.82) is 0 Å². The van der Waals surface area contributed by atoms with Gasteiger partial charge in [0.1, 0.15) is 0 Å². The fraction of sp³-hybridized carbons (Fsp3) is 0.167. The van der Waals surface area contributed by atoms with E-state index in [9.17, 15) is 4.79 Å². The Hall–Kier alpha value is -2.10. The number of aromatic nitrogens is 1. The molecule has 0 aliphatic heterocycles. The quantitative estimate of drug-likeness (QED) is 0.782. The van der Waals surface area contributed by atoms with Crippen LogP contribution >= 0.6 is 0 Å². The summed E-state index contributed by atoms with van der Waals surface area (Å²) in [4.78, 5) is 11.1. The van der Waals surface area contributed by atoms with Crippen molar-refractivity contribution in [2.75, 3.05) is 0 Å². The third-order valence-corrected chi connectivity index (χ3v) is 2.93. The fourth-order valence-corrected chi connectivity index (χ4v) is 2.17. The second kappa shape index (κ2) is 3.20. The van der Waals surface area contributed by atoms with Crippen molar-refractivity contribution >= 4 is 5.91 Å². The fourth-order valence-electron chi connectivity index (χ4n) is 2.17. The Labute approximate surface area is 92.0 Å². The van der Waals surface area contributed by atoms with Gasteiger partial charge in [0, 0.05) is 11.1 Å². The molecule has 16 heavy (non-hydrogen) atoms. The van der Waals surface area contributed by atoms with E-state index in [2.05, 4.69) is 11.2 Å². The lowest BCUT2D eigenvalue weighted by molar-refractivity contribution is 0.0991. The van der Waals surface area contributed by atoms with E-state index in [-0.39, 0.29) is 5.69 Å². The number of nitrogens with zero attached hydrogens (tertiary/aromatic N) is 1. The highest BCUT2D eigenvalue weighted by Gasteiger charge is 2.25. The lowest BCUT2D eigenvalue weighted by atomic mass is 9.89. The number of benzene rings is 1. The van der Waals surface area contributed by atoms with Crippen LogP contribution in [0.2, 0.25) is 0 Å². The molecule has 0 radical (unpaired) electrons. The largest absolute Gasteiger partial charge is 0.364 e. The first kappa shape index (κ1) is 9.15. The molecule has 1 aliphatic carbocycles. The summed E-state index contributed by atoms with van der Waals surface area (Å²) < 4.78 is 5.22. The maximum absolute atomic E-state index is 11.1. The number of rotatable bonds is 1. The summed E-state index contributed by atoms with van der Waals surface area (Å²) in [7, 11) is 0. The lowest BCUT2D eigenvalue weighted by Gasteiger charge is -2.13. The van der Waals surface area contributed by atoms with E-state index in [1.54, 1.807) is 0 Å². The van der Waals surface area contributed by atoms with Gasteiger partial charge in [-0.1, -0.05) is 29.4 Å². The Bertz CT molecular complexity index is 572. The van der Waals surface area contributed by atoms with Crippen LogP contribution in [0, 0.1) is 0 Å². The Morgan fingerprint density at radius 2 is 2.12 bits per heavy atom. The van der Waals surface area contributed by atoms with Gasteiger partial charge < -0.3 is 10.3 Å². The summed E-state index contributed by atoms with van der Waals surface area (Å²) in [5, 5.41) is 3.75. The Morgan fingerprint density at radius 3 is 2.94 bits per heavy atom. The predicted molar refractivity (Wildman–Crippen MR) is 57.9 cm³/mol. The van der Waals surface area contributed by atoms with E-state index in [4.69, 9.17) is 10.3 Å². The minimum Gasteiger partial charge on any atom is -0.364 e. The molecule has 0 spiro atoms. The summed E-state index contributed by atoms with van der Waals surface area (Å²) in [6.45, 7) is 0. The highest BCUT2D eigenvalue weighted by molar-refractivity contribution is 5.94. The summed E-state index contributed by atoms with van der Waals surface area (Å²) in [6, 6.07) is 7.98. The first-order valence-electron chi connectivity index (χ1n) is 5.14. The number of aryl methyl sites for hydroxylation is 1. The minimum atomic E-state index is -0.524. The predicted octanol–water partition coefficient (Wildman–Crippen LogP) is 1.54. The van der Waals surface area contributed by atoms with Crippen LogP contribution in [0.5, 0.6) is 0 Å². The van der Waals surface area contributed by atoms with Crippen LogP contribution in [0.25, 0.3) is 11.3 Å². The second-order valence-corrected chi connectivity index (χ2v) is 3.86. The molecule has 2 aromatic rings. The molecule has 3 rings (SSSR count). The average molecular weight is 214 g/mol. The zero-order valence-electron chi connectivity index (χ0n) is 8.56. The summed E-state index contributed by atoms with van der Waals surface area (Å²) >= 11 is 0. The maximum atomic E-state index is 11.1. The number of hydrogen-bond donors (Lipinski definition) is 1. The van der Waals surface area contributed by atoms with E-state index in [0.29, 0.717) is 5.76 Å². The van der Waals surface area contributed by atoms with Crippen LogP contribution in [0.15, 0.2) is 28.8 Å². The molecular formula is C12H10N2O2. The van der Waals surface area contributed by atoms with E-state index in [1.807, 2.05) is 18.2 Å². The summed E-state index contributed by atoms with van der Waals surface area (Å²) in [6.07, 6.45) is 1.65. The smallest absolute Gasteiger partial charge is 0.271 e. The molecule has 2 N–H and O–H groups in total. The van der Waals surface area contributed by atoms with E-state index in [1.165, 1.54) is 5.56 Å². The van der Waals surface area contributed by atoms with Crippen molar-refractivity contribution in [2.24, 2.45) is 5.73 Å². The van der Waals surface area contributed by atoms with Crippen LogP contribution in [0.1, 0.15) is 21.6 Å². The van der Waals surface area contributed by atoms with Gasteiger partial charge in [0.2, 0.25) is 0 Å².